The Hall–Kier alpha value is -1.13. The van der Waals surface area contributed by atoms with E-state index in [1.54, 1.807) is 19.1 Å². The third-order valence-electron chi connectivity index (χ3n) is 2.33. The summed E-state index contributed by atoms with van der Waals surface area (Å²) in [5.41, 5.74) is 7.12. The van der Waals surface area contributed by atoms with Gasteiger partial charge in [-0.3, -0.25) is 0 Å². The second-order valence-corrected chi connectivity index (χ2v) is 3.76. The predicted molar refractivity (Wildman–Crippen MR) is 59.5 cm³/mol. The van der Waals surface area contributed by atoms with Gasteiger partial charge in [0.05, 0.1) is 6.61 Å². The summed E-state index contributed by atoms with van der Waals surface area (Å²) in [6.07, 6.45) is 0. The molecule has 84 valence electrons. The topological polar surface area (TPSA) is 49.5 Å². The van der Waals surface area contributed by atoms with E-state index in [1.807, 2.05) is 11.9 Å². The molecule has 4 heteroatoms. The molecule has 0 radical (unpaired) electrons. The smallest absolute Gasteiger partial charge is 0.126 e. The molecule has 0 fully saturated rings. The third kappa shape index (κ3) is 3.18. The lowest BCUT2D eigenvalue weighted by Crippen LogP contribution is -2.37. The molecule has 0 bridgehead atoms. The van der Waals surface area contributed by atoms with Crippen LogP contribution >= 0.6 is 0 Å². The van der Waals surface area contributed by atoms with Crippen LogP contribution < -0.4 is 10.6 Å². The summed E-state index contributed by atoms with van der Waals surface area (Å²) in [4.78, 5) is 1.90. The van der Waals surface area contributed by atoms with Gasteiger partial charge in [0.2, 0.25) is 0 Å². The number of anilines is 1. The van der Waals surface area contributed by atoms with E-state index in [4.69, 9.17) is 10.8 Å². The zero-order chi connectivity index (χ0) is 11.4. The molecule has 0 aliphatic carbocycles. The molecule has 0 saturated heterocycles. The highest BCUT2D eigenvalue weighted by molar-refractivity contribution is 5.48. The zero-order valence-electron chi connectivity index (χ0n) is 9.07. The Labute approximate surface area is 89.3 Å². The first-order chi connectivity index (χ1) is 7.04. The van der Waals surface area contributed by atoms with Crippen molar-refractivity contribution in [3.63, 3.8) is 0 Å². The lowest BCUT2D eigenvalue weighted by Gasteiger charge is -2.22. The van der Waals surface area contributed by atoms with E-state index < -0.39 is 0 Å². The average Bonchev–Trinajstić information content (AvgIpc) is 2.21. The van der Waals surface area contributed by atoms with Crippen molar-refractivity contribution >= 4 is 5.69 Å². The number of halogens is 1. The minimum Gasteiger partial charge on any atom is -0.395 e. The molecule has 0 spiro atoms. The average molecular weight is 212 g/mol. The van der Waals surface area contributed by atoms with Crippen molar-refractivity contribution in [1.82, 2.24) is 0 Å². The van der Waals surface area contributed by atoms with Gasteiger partial charge >= 0.3 is 0 Å². The Kier molecular flexibility index (Phi) is 4.05. The van der Waals surface area contributed by atoms with Gasteiger partial charge < -0.3 is 15.7 Å². The molecule has 1 atom stereocenters. The molecular formula is C11H17FN2O. The highest BCUT2D eigenvalue weighted by Crippen LogP contribution is 2.16. The quantitative estimate of drug-likeness (QED) is 0.779. The van der Waals surface area contributed by atoms with Crippen LogP contribution in [0.15, 0.2) is 18.2 Å². The van der Waals surface area contributed by atoms with Crippen LogP contribution in [0.1, 0.15) is 5.56 Å². The molecule has 0 aromatic heterocycles. The second-order valence-electron chi connectivity index (χ2n) is 3.76. The first kappa shape index (κ1) is 11.9. The molecule has 15 heavy (non-hydrogen) atoms. The summed E-state index contributed by atoms with van der Waals surface area (Å²) in [6, 6.07) is 4.62. The van der Waals surface area contributed by atoms with Crippen molar-refractivity contribution in [2.24, 2.45) is 5.73 Å². The molecular weight excluding hydrogens is 195 g/mol. The normalized spacial score (nSPS) is 12.6. The molecule has 0 aliphatic heterocycles. The first-order valence-electron chi connectivity index (χ1n) is 4.88. The van der Waals surface area contributed by atoms with Crippen molar-refractivity contribution in [1.29, 1.82) is 0 Å². The van der Waals surface area contributed by atoms with Gasteiger partial charge in [0.25, 0.3) is 0 Å². The van der Waals surface area contributed by atoms with Crippen molar-refractivity contribution in [2.45, 2.75) is 13.0 Å². The van der Waals surface area contributed by atoms with Crippen molar-refractivity contribution in [3.8, 4) is 0 Å². The van der Waals surface area contributed by atoms with E-state index >= 15 is 0 Å². The number of nitrogens with two attached hydrogens (primary N) is 1. The van der Waals surface area contributed by atoms with Crippen LogP contribution in [0, 0.1) is 12.7 Å². The highest BCUT2D eigenvalue weighted by atomic mass is 19.1. The lowest BCUT2D eigenvalue weighted by atomic mass is 10.2. The minimum atomic E-state index is -0.277. The maximum atomic E-state index is 13.0. The van der Waals surface area contributed by atoms with E-state index in [9.17, 15) is 4.39 Å². The van der Waals surface area contributed by atoms with Crippen molar-refractivity contribution in [3.05, 3.63) is 29.6 Å². The number of nitrogens with zero attached hydrogens (tertiary/aromatic N) is 1. The fraction of sp³-hybridized carbons (Fsp3) is 0.455. The van der Waals surface area contributed by atoms with Crippen LogP contribution in [0.25, 0.3) is 0 Å². The van der Waals surface area contributed by atoms with E-state index in [0.717, 1.165) is 5.69 Å². The molecule has 3 N–H and O–H groups in total. The molecule has 1 rings (SSSR count). The number of aryl methyl sites for hydroxylation is 1. The monoisotopic (exact) mass is 212 g/mol. The van der Waals surface area contributed by atoms with Gasteiger partial charge in [-0.2, -0.15) is 0 Å². The first-order valence-corrected chi connectivity index (χ1v) is 4.88. The Morgan fingerprint density at radius 2 is 2.20 bits per heavy atom. The molecule has 1 aromatic carbocycles. The molecule has 0 amide bonds. The van der Waals surface area contributed by atoms with Gasteiger partial charge in [0, 0.05) is 25.3 Å². The molecule has 0 aliphatic rings. The molecule has 0 heterocycles. The maximum Gasteiger partial charge on any atom is 0.126 e. The summed E-state index contributed by atoms with van der Waals surface area (Å²) < 4.78 is 13.0. The second kappa shape index (κ2) is 5.09. The number of likely N-dealkylation sites (N-methyl/N-ethyl adjacent to an activating group) is 1. The van der Waals surface area contributed by atoms with Gasteiger partial charge in [-0.1, -0.05) is 0 Å². The van der Waals surface area contributed by atoms with Crippen LogP contribution in [0.3, 0.4) is 0 Å². The van der Waals surface area contributed by atoms with Crippen LogP contribution in [0.5, 0.6) is 0 Å². The van der Waals surface area contributed by atoms with E-state index in [2.05, 4.69) is 0 Å². The van der Waals surface area contributed by atoms with Crippen molar-refractivity contribution < 1.29 is 9.50 Å². The summed E-state index contributed by atoms with van der Waals surface area (Å²) in [5, 5.41) is 8.82. The Bertz CT molecular complexity index is 330. The molecule has 0 saturated carbocycles. The molecule has 1 aromatic rings. The number of aliphatic hydroxyl groups excluding tert-OH is 1. The Balaban J connectivity index is 2.73. The number of benzene rings is 1. The number of aliphatic hydroxyl groups is 1. The largest absolute Gasteiger partial charge is 0.395 e. The van der Waals surface area contributed by atoms with Crippen LogP contribution in [-0.2, 0) is 0 Å². The number of hydrogen-bond acceptors (Lipinski definition) is 3. The van der Waals surface area contributed by atoms with Crippen LogP contribution in [0.4, 0.5) is 10.1 Å². The van der Waals surface area contributed by atoms with Gasteiger partial charge in [-0.15, -0.1) is 0 Å². The summed E-state index contributed by atoms with van der Waals surface area (Å²) in [7, 11) is 1.86. The fourth-order valence-corrected chi connectivity index (χ4v) is 1.38. The standard InChI is InChI=1S/C11H17FN2O/c1-8-5-10(3-4-11(8)12)14(2)6-9(13)7-15/h3-5,9,15H,6-7,13H2,1-2H3. The Morgan fingerprint density at radius 1 is 1.53 bits per heavy atom. The zero-order valence-corrected chi connectivity index (χ0v) is 9.07. The van der Waals surface area contributed by atoms with Crippen LogP contribution in [-0.4, -0.2) is 31.3 Å². The Morgan fingerprint density at radius 3 is 2.73 bits per heavy atom. The molecule has 3 nitrogen and oxygen atoms in total. The van der Waals surface area contributed by atoms with E-state index in [-0.39, 0.29) is 18.5 Å². The number of hydrogen-bond donors (Lipinski definition) is 2. The number of rotatable bonds is 4. The van der Waals surface area contributed by atoms with E-state index in [1.165, 1.54) is 6.07 Å². The minimum absolute atomic E-state index is 0.0511. The van der Waals surface area contributed by atoms with Crippen molar-refractivity contribution in [2.75, 3.05) is 25.1 Å². The predicted octanol–water partition coefficient (Wildman–Crippen LogP) is 0.890. The molecule has 1 unspecified atom stereocenters. The fourth-order valence-electron chi connectivity index (χ4n) is 1.38. The lowest BCUT2D eigenvalue weighted by molar-refractivity contribution is 0.267. The third-order valence-corrected chi connectivity index (χ3v) is 2.33. The highest BCUT2D eigenvalue weighted by Gasteiger charge is 2.07. The SMILES string of the molecule is Cc1cc(N(C)CC(N)CO)ccc1F. The van der Waals surface area contributed by atoms with Gasteiger partial charge in [0.1, 0.15) is 5.82 Å². The summed E-state index contributed by atoms with van der Waals surface area (Å²) >= 11 is 0. The van der Waals surface area contributed by atoms with Crippen LogP contribution in [0.2, 0.25) is 0 Å². The van der Waals surface area contributed by atoms with E-state index in [0.29, 0.717) is 12.1 Å². The summed E-state index contributed by atoms with van der Waals surface area (Å²) in [5.74, 6) is -0.210. The van der Waals surface area contributed by atoms with Gasteiger partial charge in [-0.05, 0) is 30.7 Å². The van der Waals surface area contributed by atoms with Gasteiger partial charge in [0.15, 0.2) is 0 Å². The summed E-state index contributed by atoms with van der Waals surface area (Å²) in [6.45, 7) is 2.21. The van der Waals surface area contributed by atoms with Gasteiger partial charge in [-0.25, -0.2) is 4.39 Å². The maximum absolute atomic E-state index is 13.0.